The lowest BCUT2D eigenvalue weighted by Crippen LogP contribution is -2.46. The molecular weight excluding hydrogens is 422 g/mol. The zero-order valence-electron chi connectivity index (χ0n) is 18.3. The van der Waals surface area contributed by atoms with Crippen molar-refractivity contribution in [2.75, 3.05) is 26.9 Å². The number of rotatable bonds is 6. The smallest absolute Gasteiger partial charge is 0.261 e. The summed E-state index contributed by atoms with van der Waals surface area (Å²) in [5.74, 6) is -1.02. The third kappa shape index (κ3) is 3.51. The van der Waals surface area contributed by atoms with Gasteiger partial charge in [-0.15, -0.1) is 0 Å². The molecule has 8 heteroatoms. The zero-order chi connectivity index (χ0) is 23.1. The summed E-state index contributed by atoms with van der Waals surface area (Å²) < 4.78 is 5.01. The Morgan fingerprint density at radius 3 is 2.73 bits per heavy atom. The highest BCUT2D eigenvalue weighted by Gasteiger charge is 2.37. The third-order valence-electron chi connectivity index (χ3n) is 6.53. The van der Waals surface area contributed by atoms with Gasteiger partial charge < -0.3 is 19.7 Å². The Labute approximate surface area is 190 Å². The van der Waals surface area contributed by atoms with E-state index in [1.54, 1.807) is 24.1 Å². The molecule has 2 aliphatic heterocycles. The van der Waals surface area contributed by atoms with Gasteiger partial charge in [0.1, 0.15) is 0 Å². The number of nitrogens with zero attached hydrogens (tertiary/aromatic N) is 2. The predicted octanol–water partition coefficient (Wildman–Crippen LogP) is 2.36. The number of aliphatic hydroxyl groups is 1. The molecule has 0 saturated carbocycles. The minimum atomic E-state index is -0.393. The Bertz CT molecular complexity index is 1260. The first kappa shape index (κ1) is 21.4. The number of methoxy groups -OCH3 is 1. The minimum Gasteiger partial charge on any atom is -0.394 e. The molecule has 0 aliphatic carbocycles. The van der Waals surface area contributed by atoms with E-state index in [1.807, 2.05) is 24.3 Å². The number of aliphatic hydroxyl groups excluding tert-OH is 1. The van der Waals surface area contributed by atoms with Crippen LogP contribution in [0.3, 0.4) is 0 Å². The first-order valence-corrected chi connectivity index (χ1v) is 11.0. The molecular formula is C25H25N3O5. The second kappa shape index (κ2) is 8.46. The lowest BCUT2D eigenvalue weighted by Gasteiger charge is -2.35. The number of H-pyrrole nitrogens is 1. The van der Waals surface area contributed by atoms with Crippen LogP contribution in [0.1, 0.15) is 48.8 Å². The fourth-order valence-corrected chi connectivity index (χ4v) is 4.83. The zero-order valence-corrected chi connectivity index (χ0v) is 18.3. The largest absolute Gasteiger partial charge is 0.394 e. The summed E-state index contributed by atoms with van der Waals surface area (Å²) >= 11 is 0. The first-order valence-electron chi connectivity index (χ1n) is 11.0. The topological polar surface area (TPSA) is 103 Å². The van der Waals surface area contributed by atoms with Crippen molar-refractivity contribution < 1.29 is 24.2 Å². The highest BCUT2D eigenvalue weighted by atomic mass is 16.5. The van der Waals surface area contributed by atoms with Gasteiger partial charge in [0.05, 0.1) is 30.3 Å². The van der Waals surface area contributed by atoms with Crippen molar-refractivity contribution in [3.63, 3.8) is 0 Å². The van der Waals surface area contributed by atoms with Crippen molar-refractivity contribution in [3.8, 4) is 0 Å². The first-order chi connectivity index (χ1) is 16.0. The molecule has 8 nitrogen and oxygen atoms in total. The van der Waals surface area contributed by atoms with Crippen LogP contribution in [0.2, 0.25) is 0 Å². The number of benzene rings is 2. The number of aromatic nitrogens is 1. The second-order valence-corrected chi connectivity index (χ2v) is 8.47. The molecule has 1 aromatic heterocycles. The number of nitrogens with one attached hydrogen (secondary N) is 1. The number of ether oxygens (including phenoxy) is 1. The molecule has 2 aliphatic rings. The van der Waals surface area contributed by atoms with Crippen LogP contribution in [0, 0.1) is 0 Å². The predicted molar refractivity (Wildman–Crippen MR) is 121 cm³/mol. The van der Waals surface area contributed by atoms with Gasteiger partial charge in [-0.2, -0.15) is 0 Å². The molecule has 2 aromatic carbocycles. The Balaban J connectivity index is 1.42. The molecule has 33 heavy (non-hydrogen) atoms. The van der Waals surface area contributed by atoms with Gasteiger partial charge in [0.15, 0.2) is 0 Å². The van der Waals surface area contributed by atoms with E-state index in [0.717, 1.165) is 22.2 Å². The van der Waals surface area contributed by atoms with Crippen LogP contribution in [-0.4, -0.2) is 70.5 Å². The van der Waals surface area contributed by atoms with Gasteiger partial charge in [-0.1, -0.05) is 18.2 Å². The van der Waals surface area contributed by atoms with Crippen LogP contribution >= 0.6 is 0 Å². The van der Waals surface area contributed by atoms with E-state index in [9.17, 15) is 19.5 Å². The summed E-state index contributed by atoms with van der Waals surface area (Å²) in [6.45, 7) is 0.886. The minimum absolute atomic E-state index is 0.166. The van der Waals surface area contributed by atoms with Crippen molar-refractivity contribution >= 4 is 28.6 Å². The van der Waals surface area contributed by atoms with Crippen LogP contribution in [0.4, 0.5) is 0 Å². The Morgan fingerprint density at radius 2 is 1.94 bits per heavy atom. The Kier molecular flexibility index (Phi) is 5.47. The number of hydrogen-bond acceptors (Lipinski definition) is 5. The summed E-state index contributed by atoms with van der Waals surface area (Å²) in [7, 11) is 1.57. The number of carbonyl (C=O) groups excluding carboxylic acids is 3. The highest BCUT2D eigenvalue weighted by Crippen LogP contribution is 2.32. The van der Waals surface area contributed by atoms with E-state index in [-0.39, 0.29) is 36.6 Å². The molecule has 2 N–H and O–H groups in total. The molecule has 0 bridgehead atoms. The molecule has 5 rings (SSSR count). The van der Waals surface area contributed by atoms with Gasteiger partial charge in [-0.3, -0.25) is 19.3 Å². The van der Waals surface area contributed by atoms with Crippen LogP contribution in [0.5, 0.6) is 0 Å². The molecule has 0 spiro atoms. The van der Waals surface area contributed by atoms with Gasteiger partial charge >= 0.3 is 0 Å². The molecule has 0 fully saturated rings. The summed E-state index contributed by atoms with van der Waals surface area (Å²) in [5.41, 5.74) is 3.95. The standard InChI is InChI=1S/C25H25N3O5/c1-33-10-4-9-27-24(31)18-8-7-15(11-20(18)25(27)32)23(30)28-13-22-19(12-16(28)14-29)17-5-2-3-6-21(17)26-22/h2-3,5-8,11,16,26,29H,4,9-10,12-14H2,1H3. The Morgan fingerprint density at radius 1 is 1.15 bits per heavy atom. The number of hydrogen-bond donors (Lipinski definition) is 2. The quantitative estimate of drug-likeness (QED) is 0.446. The van der Waals surface area contributed by atoms with Gasteiger partial charge in [-0.25, -0.2) is 0 Å². The maximum atomic E-state index is 13.4. The van der Waals surface area contributed by atoms with Crippen molar-refractivity contribution in [2.45, 2.75) is 25.4 Å². The number of imide groups is 1. The molecule has 1 atom stereocenters. The number of para-hydroxylation sites is 1. The van der Waals surface area contributed by atoms with E-state index in [2.05, 4.69) is 4.98 Å². The number of aromatic amines is 1. The van der Waals surface area contributed by atoms with Crippen LogP contribution in [0.15, 0.2) is 42.5 Å². The van der Waals surface area contributed by atoms with Crippen molar-refractivity contribution in [1.82, 2.24) is 14.8 Å². The Hall–Kier alpha value is -3.49. The molecule has 1 unspecified atom stereocenters. The van der Waals surface area contributed by atoms with Gasteiger partial charge in [0, 0.05) is 42.4 Å². The monoisotopic (exact) mass is 447 g/mol. The van der Waals surface area contributed by atoms with E-state index in [1.165, 1.54) is 11.0 Å². The average Bonchev–Trinajstić information content (AvgIpc) is 3.32. The van der Waals surface area contributed by atoms with E-state index < -0.39 is 5.91 Å². The summed E-state index contributed by atoms with van der Waals surface area (Å²) in [6.07, 6.45) is 1.09. The molecule has 170 valence electrons. The van der Waals surface area contributed by atoms with Crippen LogP contribution < -0.4 is 0 Å². The lowest BCUT2D eigenvalue weighted by atomic mass is 9.95. The fourth-order valence-electron chi connectivity index (χ4n) is 4.83. The molecule has 3 amide bonds. The summed E-state index contributed by atoms with van der Waals surface area (Å²) in [5, 5.41) is 11.1. The molecule has 3 heterocycles. The summed E-state index contributed by atoms with van der Waals surface area (Å²) in [4.78, 5) is 45.1. The van der Waals surface area contributed by atoms with Crippen LogP contribution in [-0.2, 0) is 17.7 Å². The SMILES string of the molecule is COCCCN1C(=O)c2ccc(C(=O)N3Cc4[nH]c5ccccc5c4CC3CO)cc2C1=O. The van der Waals surface area contributed by atoms with Gasteiger partial charge in [0.25, 0.3) is 17.7 Å². The number of carbonyl (C=O) groups is 3. The third-order valence-corrected chi connectivity index (χ3v) is 6.53. The lowest BCUT2D eigenvalue weighted by molar-refractivity contribution is 0.0541. The van der Waals surface area contributed by atoms with Crippen LogP contribution in [0.25, 0.3) is 10.9 Å². The van der Waals surface area contributed by atoms with Gasteiger partial charge in [0.2, 0.25) is 0 Å². The molecule has 0 saturated heterocycles. The van der Waals surface area contributed by atoms with Gasteiger partial charge in [-0.05, 0) is 42.7 Å². The van der Waals surface area contributed by atoms with E-state index in [4.69, 9.17) is 4.74 Å². The van der Waals surface area contributed by atoms with E-state index in [0.29, 0.717) is 37.1 Å². The van der Waals surface area contributed by atoms with Crippen molar-refractivity contribution in [1.29, 1.82) is 0 Å². The normalized spacial score (nSPS) is 17.6. The number of amides is 3. The molecule has 3 aromatic rings. The maximum absolute atomic E-state index is 13.4. The second-order valence-electron chi connectivity index (χ2n) is 8.47. The van der Waals surface area contributed by atoms with Crippen molar-refractivity contribution in [3.05, 3.63) is 70.4 Å². The molecule has 0 radical (unpaired) electrons. The highest BCUT2D eigenvalue weighted by molar-refractivity contribution is 6.22. The number of fused-ring (bicyclic) bond motifs is 4. The fraction of sp³-hybridized carbons (Fsp3) is 0.320. The maximum Gasteiger partial charge on any atom is 0.261 e. The average molecular weight is 447 g/mol. The van der Waals surface area contributed by atoms with Crippen molar-refractivity contribution in [2.24, 2.45) is 0 Å². The summed E-state index contributed by atoms with van der Waals surface area (Å²) in [6, 6.07) is 12.2. The van der Waals surface area contributed by atoms with E-state index >= 15 is 0 Å².